The highest BCUT2D eigenvalue weighted by Gasteiger charge is 2.37. The van der Waals surface area contributed by atoms with Gasteiger partial charge in [0.15, 0.2) is 17.5 Å². The second-order valence-corrected chi connectivity index (χ2v) is 12.1. The van der Waals surface area contributed by atoms with Crippen molar-refractivity contribution in [3.8, 4) is 67.5 Å². The van der Waals surface area contributed by atoms with Crippen molar-refractivity contribution in [3.63, 3.8) is 0 Å². The molecule has 0 N–H and O–H groups in total. The summed E-state index contributed by atoms with van der Waals surface area (Å²) in [5, 5.41) is 0. The van der Waals surface area contributed by atoms with Crippen molar-refractivity contribution in [3.05, 3.63) is 163 Å². The van der Waals surface area contributed by atoms with E-state index in [0.717, 1.165) is 38.9 Å². The molecule has 1 aliphatic carbocycles. The summed E-state index contributed by atoms with van der Waals surface area (Å²) in [5.41, 5.74) is 12.4. The Labute approximate surface area is 264 Å². The van der Waals surface area contributed by atoms with E-state index in [1.54, 1.807) is 0 Å². The summed E-state index contributed by atoms with van der Waals surface area (Å²) in [6.45, 7) is 4.60. The minimum atomic E-state index is -0.116. The van der Waals surface area contributed by atoms with Gasteiger partial charge in [-0.1, -0.05) is 147 Å². The fraction of sp³-hybridized carbons (Fsp3) is 0.0714. The van der Waals surface area contributed by atoms with Crippen LogP contribution in [0.3, 0.4) is 0 Å². The molecule has 0 spiro atoms. The molecule has 0 amide bonds. The van der Waals surface area contributed by atoms with E-state index in [2.05, 4.69) is 135 Å². The molecular weight excluding hydrogens is 546 g/mol. The van der Waals surface area contributed by atoms with Crippen LogP contribution in [0.25, 0.3) is 67.5 Å². The molecular formula is C42H31N3. The Bertz CT molecular complexity index is 2110. The molecule has 1 heterocycles. The van der Waals surface area contributed by atoms with Crippen LogP contribution in [0.1, 0.15) is 25.0 Å². The molecule has 0 radical (unpaired) electrons. The zero-order valence-corrected chi connectivity index (χ0v) is 25.3. The molecule has 3 heteroatoms. The second-order valence-electron chi connectivity index (χ2n) is 12.1. The molecule has 3 nitrogen and oxygen atoms in total. The van der Waals surface area contributed by atoms with Gasteiger partial charge in [-0.2, -0.15) is 0 Å². The van der Waals surface area contributed by atoms with Crippen LogP contribution in [0.4, 0.5) is 0 Å². The Kier molecular flexibility index (Phi) is 6.46. The molecule has 0 saturated carbocycles. The first-order valence-corrected chi connectivity index (χ1v) is 15.4. The number of nitrogens with zero attached hydrogens (tertiary/aromatic N) is 3. The highest BCUT2D eigenvalue weighted by Crippen LogP contribution is 2.51. The van der Waals surface area contributed by atoms with Crippen LogP contribution in [-0.4, -0.2) is 15.0 Å². The first kappa shape index (κ1) is 26.9. The molecule has 7 aromatic rings. The Morgan fingerprint density at radius 2 is 0.800 bits per heavy atom. The van der Waals surface area contributed by atoms with Crippen LogP contribution in [0.2, 0.25) is 0 Å². The zero-order chi connectivity index (χ0) is 30.4. The van der Waals surface area contributed by atoms with Crippen molar-refractivity contribution in [1.29, 1.82) is 0 Å². The average molecular weight is 578 g/mol. The summed E-state index contributed by atoms with van der Waals surface area (Å²) in [5.74, 6) is 1.98. The van der Waals surface area contributed by atoms with Crippen LogP contribution >= 0.6 is 0 Å². The van der Waals surface area contributed by atoms with Crippen LogP contribution in [0.5, 0.6) is 0 Å². The van der Waals surface area contributed by atoms with Gasteiger partial charge in [-0.05, 0) is 62.7 Å². The van der Waals surface area contributed by atoms with Gasteiger partial charge >= 0.3 is 0 Å². The monoisotopic (exact) mass is 577 g/mol. The van der Waals surface area contributed by atoms with Gasteiger partial charge in [-0.25, -0.2) is 15.0 Å². The Morgan fingerprint density at radius 3 is 1.42 bits per heavy atom. The third-order valence-corrected chi connectivity index (χ3v) is 8.92. The lowest BCUT2D eigenvalue weighted by molar-refractivity contribution is 0.660. The maximum atomic E-state index is 5.24. The molecule has 0 atom stereocenters. The first-order chi connectivity index (χ1) is 22.1. The molecule has 0 saturated heterocycles. The van der Waals surface area contributed by atoms with Crippen LogP contribution in [0, 0.1) is 0 Å². The number of benzene rings is 6. The van der Waals surface area contributed by atoms with Gasteiger partial charge in [0.25, 0.3) is 0 Å². The predicted molar refractivity (Wildman–Crippen MR) is 185 cm³/mol. The molecule has 1 aliphatic rings. The number of hydrogen-bond donors (Lipinski definition) is 0. The number of aromatic nitrogens is 3. The molecule has 0 aliphatic heterocycles. The van der Waals surface area contributed by atoms with E-state index < -0.39 is 0 Å². The highest BCUT2D eigenvalue weighted by molar-refractivity contribution is 5.91. The summed E-state index contributed by atoms with van der Waals surface area (Å²) in [6.07, 6.45) is 0. The SMILES string of the molecule is CC1(C)c2ccccc2-c2c(-c3nc(-c4ccccc4)nc(-c4cc(-c5ccccc5)cc(-c5ccccc5)c4)n3)cccc21. The summed E-state index contributed by atoms with van der Waals surface area (Å²) in [6, 6.07) is 53.1. The van der Waals surface area contributed by atoms with Gasteiger partial charge in [0.05, 0.1) is 0 Å². The number of fused-ring (bicyclic) bond motifs is 3. The normalized spacial score (nSPS) is 12.8. The standard InChI is InChI=1S/C42H31N3/c1-42(2)36-23-13-12-21-34(36)38-35(22-14-24-37(38)42)41-44-39(30-19-10-5-11-20-30)43-40(45-41)33-26-31(28-15-6-3-7-16-28)25-32(27-33)29-17-8-4-9-18-29/h3-27H,1-2H3. The van der Waals surface area contributed by atoms with Crippen LogP contribution in [0.15, 0.2) is 152 Å². The van der Waals surface area contributed by atoms with E-state index >= 15 is 0 Å². The predicted octanol–water partition coefficient (Wildman–Crippen LogP) is 10.5. The van der Waals surface area contributed by atoms with Crippen LogP contribution < -0.4 is 0 Å². The van der Waals surface area contributed by atoms with E-state index in [4.69, 9.17) is 15.0 Å². The molecule has 0 unspecified atom stereocenters. The van der Waals surface area contributed by atoms with Crippen molar-refractivity contribution in [2.24, 2.45) is 0 Å². The van der Waals surface area contributed by atoms with Gasteiger partial charge < -0.3 is 0 Å². The lowest BCUT2D eigenvalue weighted by atomic mass is 9.82. The van der Waals surface area contributed by atoms with Crippen molar-refractivity contribution in [1.82, 2.24) is 15.0 Å². The molecule has 45 heavy (non-hydrogen) atoms. The summed E-state index contributed by atoms with van der Waals surface area (Å²) in [4.78, 5) is 15.5. The van der Waals surface area contributed by atoms with Crippen LogP contribution in [-0.2, 0) is 5.41 Å². The largest absolute Gasteiger partial charge is 0.208 e. The average Bonchev–Trinajstić information content (AvgIpc) is 3.35. The molecule has 8 rings (SSSR count). The van der Waals surface area contributed by atoms with E-state index in [0.29, 0.717) is 17.5 Å². The lowest BCUT2D eigenvalue weighted by Crippen LogP contribution is -2.14. The van der Waals surface area contributed by atoms with E-state index in [-0.39, 0.29) is 5.41 Å². The first-order valence-electron chi connectivity index (χ1n) is 15.4. The smallest absolute Gasteiger partial charge is 0.164 e. The van der Waals surface area contributed by atoms with Gasteiger partial charge in [-0.15, -0.1) is 0 Å². The summed E-state index contributed by atoms with van der Waals surface area (Å²) < 4.78 is 0. The molecule has 0 bridgehead atoms. The van der Waals surface area contributed by atoms with Crippen molar-refractivity contribution in [2.75, 3.05) is 0 Å². The van der Waals surface area contributed by atoms with Crippen molar-refractivity contribution < 1.29 is 0 Å². The Hall–Kier alpha value is -5.67. The summed E-state index contributed by atoms with van der Waals surface area (Å²) >= 11 is 0. The molecule has 0 fully saturated rings. The van der Waals surface area contributed by atoms with E-state index in [9.17, 15) is 0 Å². The Morgan fingerprint density at radius 1 is 0.356 bits per heavy atom. The minimum absolute atomic E-state index is 0.116. The Balaban J connectivity index is 1.39. The maximum Gasteiger partial charge on any atom is 0.164 e. The number of rotatable bonds is 5. The minimum Gasteiger partial charge on any atom is -0.208 e. The van der Waals surface area contributed by atoms with Gasteiger partial charge in [0.2, 0.25) is 0 Å². The third-order valence-electron chi connectivity index (χ3n) is 8.92. The summed E-state index contributed by atoms with van der Waals surface area (Å²) in [7, 11) is 0. The van der Waals surface area contributed by atoms with E-state index in [1.807, 2.05) is 30.3 Å². The molecule has 214 valence electrons. The van der Waals surface area contributed by atoms with E-state index in [1.165, 1.54) is 22.3 Å². The highest BCUT2D eigenvalue weighted by atomic mass is 15.0. The lowest BCUT2D eigenvalue weighted by Gasteiger charge is -2.21. The van der Waals surface area contributed by atoms with Gasteiger partial charge in [-0.3, -0.25) is 0 Å². The third kappa shape index (κ3) is 4.74. The quantitative estimate of drug-likeness (QED) is 0.204. The molecule has 1 aromatic heterocycles. The zero-order valence-electron chi connectivity index (χ0n) is 25.3. The van der Waals surface area contributed by atoms with Gasteiger partial charge in [0, 0.05) is 22.1 Å². The fourth-order valence-corrected chi connectivity index (χ4v) is 6.63. The number of hydrogen-bond acceptors (Lipinski definition) is 3. The maximum absolute atomic E-state index is 5.24. The van der Waals surface area contributed by atoms with Crippen molar-refractivity contribution in [2.45, 2.75) is 19.3 Å². The van der Waals surface area contributed by atoms with Gasteiger partial charge in [0.1, 0.15) is 0 Å². The topological polar surface area (TPSA) is 38.7 Å². The fourth-order valence-electron chi connectivity index (χ4n) is 6.63. The second kappa shape index (κ2) is 10.8. The molecule has 6 aromatic carbocycles. The van der Waals surface area contributed by atoms with Crippen molar-refractivity contribution >= 4 is 0 Å².